The van der Waals surface area contributed by atoms with Crippen LogP contribution >= 0.6 is 0 Å². The number of nitrogens with one attached hydrogen (secondary N) is 1. The van der Waals surface area contributed by atoms with Gasteiger partial charge in [-0.1, -0.05) is 0 Å². The number of rotatable bonds is 2. The summed E-state index contributed by atoms with van der Waals surface area (Å²) in [5, 5.41) is 20.4. The maximum atomic E-state index is 10.2. The van der Waals surface area contributed by atoms with E-state index in [1.54, 1.807) is 0 Å². The number of hydrogen-bond donors (Lipinski definition) is 3. The molecule has 4 heteroatoms. The monoisotopic (exact) mass is 159 g/mol. The normalized spacial score (nSPS) is 31.7. The van der Waals surface area contributed by atoms with Crippen LogP contribution in [0.1, 0.15) is 19.3 Å². The number of aliphatic hydroxyl groups is 1. The molecule has 0 spiro atoms. The van der Waals surface area contributed by atoms with Crippen molar-refractivity contribution >= 4 is 5.97 Å². The number of aliphatic carboxylic acids is 1. The first-order valence-electron chi connectivity index (χ1n) is 3.81. The van der Waals surface area contributed by atoms with Crippen molar-refractivity contribution in [2.75, 3.05) is 6.54 Å². The smallest absolute Gasteiger partial charge is 0.304 e. The molecule has 1 fully saturated rings. The van der Waals surface area contributed by atoms with E-state index in [1.807, 2.05) is 0 Å². The molecule has 3 N–H and O–H groups in total. The molecule has 1 heterocycles. The summed E-state index contributed by atoms with van der Waals surface area (Å²) in [5.74, 6) is -0.779. The number of piperidine rings is 1. The standard InChI is InChI=1S/C7H13NO3/c9-6-2-1-5(8-4-6)3-7(10)11/h5-6,8-9H,1-4H2,(H,10,11)/t5-,6+/m1/s1. The Hall–Kier alpha value is -0.610. The van der Waals surface area contributed by atoms with Crippen LogP contribution in [0.15, 0.2) is 0 Å². The van der Waals surface area contributed by atoms with Crippen molar-refractivity contribution in [1.82, 2.24) is 5.32 Å². The van der Waals surface area contributed by atoms with E-state index in [2.05, 4.69) is 5.32 Å². The maximum Gasteiger partial charge on any atom is 0.304 e. The van der Waals surface area contributed by atoms with Gasteiger partial charge in [-0.15, -0.1) is 0 Å². The number of β-amino-alcohol motifs (C(OH)–C–C–N with tert-alkyl or cyclic N) is 1. The molecule has 0 bridgehead atoms. The molecule has 0 aromatic heterocycles. The summed E-state index contributed by atoms with van der Waals surface area (Å²) in [6.45, 7) is 0.526. The summed E-state index contributed by atoms with van der Waals surface area (Å²) >= 11 is 0. The molecule has 2 atom stereocenters. The van der Waals surface area contributed by atoms with Crippen LogP contribution in [0.2, 0.25) is 0 Å². The topological polar surface area (TPSA) is 69.6 Å². The molecule has 1 aliphatic rings. The average molecular weight is 159 g/mol. The van der Waals surface area contributed by atoms with Gasteiger partial charge in [-0.25, -0.2) is 0 Å². The van der Waals surface area contributed by atoms with Gasteiger partial charge in [-0.05, 0) is 12.8 Å². The number of carboxylic acid groups (broad SMARTS) is 1. The quantitative estimate of drug-likeness (QED) is 0.511. The van der Waals surface area contributed by atoms with E-state index in [-0.39, 0.29) is 18.6 Å². The van der Waals surface area contributed by atoms with Gasteiger partial charge in [0.2, 0.25) is 0 Å². The molecule has 0 amide bonds. The first-order chi connectivity index (χ1) is 5.18. The van der Waals surface area contributed by atoms with Gasteiger partial charge in [0.1, 0.15) is 0 Å². The Morgan fingerprint density at radius 1 is 1.55 bits per heavy atom. The van der Waals surface area contributed by atoms with E-state index in [0.29, 0.717) is 13.0 Å². The number of hydrogen-bond acceptors (Lipinski definition) is 3. The Morgan fingerprint density at radius 2 is 2.27 bits per heavy atom. The summed E-state index contributed by atoms with van der Waals surface area (Å²) in [6.07, 6.45) is 1.34. The average Bonchev–Trinajstić information content (AvgIpc) is 1.93. The molecule has 0 aliphatic carbocycles. The molecule has 64 valence electrons. The van der Waals surface area contributed by atoms with Crippen LogP contribution in [0, 0.1) is 0 Å². The molecule has 4 nitrogen and oxygen atoms in total. The Labute approximate surface area is 65.2 Å². The van der Waals surface area contributed by atoms with Gasteiger partial charge in [0.15, 0.2) is 0 Å². The number of carboxylic acids is 1. The summed E-state index contributed by atoms with van der Waals surface area (Å²) < 4.78 is 0. The molecule has 0 unspecified atom stereocenters. The van der Waals surface area contributed by atoms with Gasteiger partial charge < -0.3 is 15.5 Å². The first-order valence-corrected chi connectivity index (χ1v) is 3.81. The molecule has 1 rings (SSSR count). The van der Waals surface area contributed by atoms with Crippen molar-refractivity contribution in [3.05, 3.63) is 0 Å². The molecule has 1 saturated heterocycles. The zero-order chi connectivity index (χ0) is 8.27. The molecule has 0 radical (unpaired) electrons. The highest BCUT2D eigenvalue weighted by Crippen LogP contribution is 2.10. The molecule has 0 aromatic rings. The largest absolute Gasteiger partial charge is 0.481 e. The third-order valence-corrected chi connectivity index (χ3v) is 1.91. The fourth-order valence-electron chi connectivity index (χ4n) is 1.29. The van der Waals surface area contributed by atoms with Crippen molar-refractivity contribution in [1.29, 1.82) is 0 Å². The Kier molecular flexibility index (Phi) is 2.84. The summed E-state index contributed by atoms with van der Waals surface area (Å²) in [5.41, 5.74) is 0. The predicted octanol–water partition coefficient (Wildman–Crippen LogP) is -0.426. The fraction of sp³-hybridized carbons (Fsp3) is 0.857. The van der Waals surface area contributed by atoms with Crippen LogP contribution in [-0.4, -0.2) is 34.9 Å². The third kappa shape index (κ3) is 2.86. The molecule has 1 aliphatic heterocycles. The summed E-state index contributed by atoms with van der Waals surface area (Å²) in [7, 11) is 0. The van der Waals surface area contributed by atoms with Crippen LogP contribution in [0.4, 0.5) is 0 Å². The van der Waals surface area contributed by atoms with Crippen molar-refractivity contribution < 1.29 is 15.0 Å². The molecule has 11 heavy (non-hydrogen) atoms. The lowest BCUT2D eigenvalue weighted by Gasteiger charge is -2.25. The molecule has 0 saturated carbocycles. The van der Waals surface area contributed by atoms with Crippen LogP contribution in [0.25, 0.3) is 0 Å². The van der Waals surface area contributed by atoms with Crippen molar-refractivity contribution in [3.8, 4) is 0 Å². The molecule has 0 aromatic carbocycles. The van der Waals surface area contributed by atoms with E-state index >= 15 is 0 Å². The zero-order valence-electron chi connectivity index (χ0n) is 6.29. The highest BCUT2D eigenvalue weighted by atomic mass is 16.4. The minimum atomic E-state index is -0.779. The number of carbonyl (C=O) groups is 1. The van der Waals surface area contributed by atoms with Crippen LogP contribution in [0.5, 0.6) is 0 Å². The van der Waals surface area contributed by atoms with E-state index in [4.69, 9.17) is 10.2 Å². The minimum Gasteiger partial charge on any atom is -0.481 e. The van der Waals surface area contributed by atoms with Gasteiger partial charge in [-0.3, -0.25) is 4.79 Å². The highest BCUT2D eigenvalue weighted by Gasteiger charge is 2.20. The minimum absolute atomic E-state index is 0.0518. The third-order valence-electron chi connectivity index (χ3n) is 1.91. The van der Waals surface area contributed by atoms with Crippen molar-refractivity contribution in [3.63, 3.8) is 0 Å². The molecular formula is C7H13NO3. The lowest BCUT2D eigenvalue weighted by molar-refractivity contribution is -0.137. The van der Waals surface area contributed by atoms with Gasteiger partial charge in [0.05, 0.1) is 12.5 Å². The van der Waals surface area contributed by atoms with Gasteiger partial charge in [0.25, 0.3) is 0 Å². The van der Waals surface area contributed by atoms with Crippen molar-refractivity contribution in [2.24, 2.45) is 0 Å². The fourth-order valence-corrected chi connectivity index (χ4v) is 1.29. The second kappa shape index (κ2) is 3.69. The van der Waals surface area contributed by atoms with Gasteiger partial charge in [0, 0.05) is 12.6 Å². The maximum absolute atomic E-state index is 10.2. The van der Waals surface area contributed by atoms with Crippen LogP contribution in [0.3, 0.4) is 0 Å². The second-order valence-corrected chi connectivity index (χ2v) is 2.93. The van der Waals surface area contributed by atoms with E-state index < -0.39 is 5.97 Å². The Morgan fingerprint density at radius 3 is 2.73 bits per heavy atom. The van der Waals surface area contributed by atoms with E-state index in [1.165, 1.54) is 0 Å². The SMILES string of the molecule is O=C(O)C[C@H]1CC[C@H](O)CN1. The lowest BCUT2D eigenvalue weighted by Crippen LogP contribution is -2.42. The highest BCUT2D eigenvalue weighted by molar-refractivity contribution is 5.67. The van der Waals surface area contributed by atoms with Crippen LogP contribution < -0.4 is 5.32 Å². The Balaban J connectivity index is 2.22. The summed E-state index contributed by atoms with van der Waals surface area (Å²) in [6, 6.07) is 0.0518. The van der Waals surface area contributed by atoms with Crippen molar-refractivity contribution in [2.45, 2.75) is 31.4 Å². The van der Waals surface area contributed by atoms with Gasteiger partial charge in [-0.2, -0.15) is 0 Å². The van der Waals surface area contributed by atoms with E-state index in [9.17, 15) is 4.79 Å². The number of aliphatic hydroxyl groups excluding tert-OH is 1. The van der Waals surface area contributed by atoms with Crippen LogP contribution in [-0.2, 0) is 4.79 Å². The summed E-state index contributed by atoms with van der Waals surface area (Å²) in [4.78, 5) is 10.2. The Bertz CT molecular complexity index is 141. The first kappa shape index (κ1) is 8.49. The van der Waals surface area contributed by atoms with Gasteiger partial charge >= 0.3 is 5.97 Å². The lowest BCUT2D eigenvalue weighted by atomic mass is 10.0. The predicted molar refractivity (Wildman–Crippen MR) is 39.3 cm³/mol. The molecular weight excluding hydrogens is 146 g/mol. The second-order valence-electron chi connectivity index (χ2n) is 2.93. The van der Waals surface area contributed by atoms with E-state index in [0.717, 1.165) is 6.42 Å². The zero-order valence-corrected chi connectivity index (χ0v) is 6.29.